The van der Waals surface area contributed by atoms with E-state index in [4.69, 9.17) is 11.1 Å². The molecule has 26 heavy (non-hydrogen) atoms. The number of hydrogen-bond donors (Lipinski definition) is 3. The molecule has 0 radical (unpaired) electrons. The van der Waals surface area contributed by atoms with Crippen molar-refractivity contribution in [1.82, 2.24) is 30.5 Å². The third-order valence-electron chi connectivity index (χ3n) is 3.27. The molecule has 0 spiro atoms. The van der Waals surface area contributed by atoms with E-state index in [1.165, 1.54) is 6.07 Å². The second-order valence-corrected chi connectivity index (χ2v) is 4.96. The average molecular weight is 369 g/mol. The van der Waals surface area contributed by atoms with Crippen LogP contribution < -0.4 is 10.8 Å². The first-order valence-corrected chi connectivity index (χ1v) is 6.85. The van der Waals surface area contributed by atoms with E-state index in [0.717, 1.165) is 16.8 Å². The van der Waals surface area contributed by atoms with E-state index in [1.54, 1.807) is 0 Å². The maximum absolute atomic E-state index is 12.8. The van der Waals surface area contributed by atoms with E-state index in [-0.39, 0.29) is 34.6 Å². The summed E-state index contributed by atoms with van der Waals surface area (Å²) in [5.41, 5.74) is 4.06. The molecular weight excluding hydrogens is 359 g/mol. The van der Waals surface area contributed by atoms with Gasteiger partial charge in [-0.1, -0.05) is 16.3 Å². The molecule has 0 amide bonds. The first kappa shape index (κ1) is 17.3. The molecule has 11 nitrogen and oxygen atoms in total. The normalized spacial score (nSPS) is 11.5. The smallest absolute Gasteiger partial charge is 0.367 e. The van der Waals surface area contributed by atoms with Gasteiger partial charge in [-0.15, -0.1) is 0 Å². The van der Waals surface area contributed by atoms with Crippen LogP contribution in [0.3, 0.4) is 0 Å². The summed E-state index contributed by atoms with van der Waals surface area (Å²) in [6.07, 6.45) is -4.60. The van der Waals surface area contributed by atoms with Crippen molar-refractivity contribution < 1.29 is 23.0 Å². The fraction of sp³-hybridized carbons (Fsp3) is 0.167. The first-order valence-electron chi connectivity index (χ1n) is 6.85. The maximum Gasteiger partial charge on any atom is 0.416 e. The number of benzene rings is 1. The lowest BCUT2D eigenvalue weighted by atomic mass is 10.2. The van der Waals surface area contributed by atoms with E-state index in [0.29, 0.717) is 6.07 Å². The van der Waals surface area contributed by atoms with Gasteiger partial charge in [0.1, 0.15) is 5.69 Å². The Bertz CT molecular complexity index is 936. The summed E-state index contributed by atoms with van der Waals surface area (Å²) in [5.74, 6) is -0.698. The summed E-state index contributed by atoms with van der Waals surface area (Å²) in [5, 5.41) is 35.8. The molecule has 0 saturated heterocycles. The minimum atomic E-state index is -4.60. The van der Waals surface area contributed by atoms with E-state index in [9.17, 15) is 18.4 Å². The average Bonchev–Trinajstić information content (AvgIpc) is 3.23. The lowest BCUT2D eigenvalue weighted by Crippen LogP contribution is -2.29. The third kappa shape index (κ3) is 3.30. The first-order chi connectivity index (χ1) is 12.3. The number of alkyl halides is 3. The van der Waals surface area contributed by atoms with Gasteiger partial charge in [0.15, 0.2) is 11.5 Å². The number of rotatable bonds is 4. The van der Waals surface area contributed by atoms with Crippen LogP contribution in [0.5, 0.6) is 0 Å². The molecular formula is C12H10F3N9O2. The molecule has 136 valence electrons. The standard InChI is InChI=1S/C12H10F3N9O2/c13-12(14,15)6-2-1-3-7(4-6)24(25)10(16)9-8(19-26-20-9)5-23-11(17)18-21-22-23/h1-4,16,25H,5H2,(H2,17,18,22). The van der Waals surface area contributed by atoms with Gasteiger partial charge in [0.2, 0.25) is 5.95 Å². The lowest BCUT2D eigenvalue weighted by Gasteiger charge is -2.17. The van der Waals surface area contributed by atoms with Gasteiger partial charge >= 0.3 is 6.18 Å². The SMILES string of the molecule is N=C(c1nonc1Cn1nnnc1N)N(O)c1cccc(C(F)(F)F)c1. The highest BCUT2D eigenvalue weighted by molar-refractivity contribution is 6.05. The summed E-state index contributed by atoms with van der Waals surface area (Å²) in [7, 11) is 0. The molecule has 0 aliphatic heterocycles. The molecule has 3 aromatic rings. The van der Waals surface area contributed by atoms with Gasteiger partial charge in [-0.2, -0.15) is 13.2 Å². The molecule has 4 N–H and O–H groups in total. The number of nitrogens with one attached hydrogen (secondary N) is 1. The van der Waals surface area contributed by atoms with Crippen LogP contribution in [0.2, 0.25) is 0 Å². The Morgan fingerprint density at radius 1 is 1.35 bits per heavy atom. The Balaban J connectivity index is 1.86. The van der Waals surface area contributed by atoms with E-state index in [1.807, 2.05) is 0 Å². The monoisotopic (exact) mass is 369 g/mol. The summed E-state index contributed by atoms with van der Waals surface area (Å²) in [4.78, 5) is 0. The zero-order valence-electron chi connectivity index (χ0n) is 12.7. The number of anilines is 2. The number of hydrogen-bond acceptors (Lipinski definition) is 9. The molecule has 3 rings (SSSR count). The van der Waals surface area contributed by atoms with Gasteiger partial charge in [-0.05, 0) is 33.8 Å². The second-order valence-electron chi connectivity index (χ2n) is 4.96. The molecule has 1 aromatic carbocycles. The number of nitrogens with zero attached hydrogens (tertiary/aromatic N) is 7. The van der Waals surface area contributed by atoms with Crippen LogP contribution in [0.1, 0.15) is 17.0 Å². The number of halogens is 3. The molecule has 0 unspecified atom stereocenters. The Morgan fingerprint density at radius 2 is 2.12 bits per heavy atom. The van der Waals surface area contributed by atoms with Crippen molar-refractivity contribution in [2.75, 3.05) is 10.8 Å². The molecule has 0 atom stereocenters. The fourth-order valence-electron chi connectivity index (χ4n) is 2.00. The Labute approximate surface area is 142 Å². The largest absolute Gasteiger partial charge is 0.416 e. The van der Waals surface area contributed by atoms with Crippen molar-refractivity contribution >= 4 is 17.5 Å². The third-order valence-corrected chi connectivity index (χ3v) is 3.27. The molecule has 2 aromatic heterocycles. The van der Waals surface area contributed by atoms with Crippen LogP contribution in [-0.2, 0) is 12.7 Å². The van der Waals surface area contributed by atoms with Gasteiger partial charge < -0.3 is 5.73 Å². The summed E-state index contributed by atoms with van der Waals surface area (Å²) >= 11 is 0. The number of tetrazole rings is 1. The lowest BCUT2D eigenvalue weighted by molar-refractivity contribution is -0.137. The number of aromatic nitrogens is 6. The van der Waals surface area contributed by atoms with Crippen molar-refractivity contribution in [2.24, 2.45) is 0 Å². The van der Waals surface area contributed by atoms with Gasteiger partial charge in [0.25, 0.3) is 0 Å². The molecule has 0 aliphatic carbocycles. The predicted molar refractivity (Wildman–Crippen MR) is 78.2 cm³/mol. The zero-order chi connectivity index (χ0) is 18.9. The Morgan fingerprint density at radius 3 is 2.77 bits per heavy atom. The molecule has 2 heterocycles. The number of amidine groups is 1. The summed E-state index contributed by atoms with van der Waals surface area (Å²) in [6, 6.07) is 3.81. The second kappa shape index (κ2) is 6.40. The molecule has 0 bridgehead atoms. The predicted octanol–water partition coefficient (Wildman–Crippen LogP) is 0.927. The van der Waals surface area contributed by atoms with Gasteiger partial charge in [0.05, 0.1) is 17.8 Å². The summed E-state index contributed by atoms with van der Waals surface area (Å²) in [6.45, 7) is -0.128. The van der Waals surface area contributed by atoms with Gasteiger partial charge in [-0.3, -0.25) is 10.6 Å². The molecule has 0 saturated carbocycles. The highest BCUT2D eigenvalue weighted by atomic mass is 19.4. The number of nitrogen functional groups attached to an aromatic ring is 1. The Kier molecular flexibility index (Phi) is 4.25. The van der Waals surface area contributed by atoms with Crippen LogP contribution in [-0.4, -0.2) is 41.6 Å². The minimum absolute atomic E-state index is 0.0378. The molecule has 14 heteroatoms. The van der Waals surface area contributed by atoms with Crippen LogP contribution in [0.15, 0.2) is 28.9 Å². The van der Waals surface area contributed by atoms with E-state index < -0.39 is 17.6 Å². The van der Waals surface area contributed by atoms with Crippen molar-refractivity contribution in [3.05, 3.63) is 41.2 Å². The van der Waals surface area contributed by atoms with E-state index in [2.05, 4.69) is 30.5 Å². The minimum Gasteiger partial charge on any atom is -0.367 e. The Hall–Kier alpha value is -3.55. The summed E-state index contributed by atoms with van der Waals surface area (Å²) < 4.78 is 44.0. The van der Waals surface area contributed by atoms with E-state index >= 15 is 0 Å². The number of hydroxylamine groups is 1. The fourth-order valence-corrected chi connectivity index (χ4v) is 2.00. The van der Waals surface area contributed by atoms with Crippen LogP contribution in [0, 0.1) is 5.41 Å². The van der Waals surface area contributed by atoms with Crippen molar-refractivity contribution in [3.8, 4) is 0 Å². The van der Waals surface area contributed by atoms with Gasteiger partial charge in [-0.25, -0.2) is 14.4 Å². The van der Waals surface area contributed by atoms with Crippen molar-refractivity contribution in [3.63, 3.8) is 0 Å². The quantitative estimate of drug-likeness (QED) is 0.346. The van der Waals surface area contributed by atoms with Crippen molar-refractivity contribution in [2.45, 2.75) is 12.7 Å². The van der Waals surface area contributed by atoms with Crippen LogP contribution >= 0.6 is 0 Å². The van der Waals surface area contributed by atoms with Gasteiger partial charge in [0, 0.05) is 0 Å². The molecule has 0 aliphatic rings. The highest BCUT2D eigenvalue weighted by Crippen LogP contribution is 2.31. The zero-order valence-corrected chi connectivity index (χ0v) is 12.7. The topological polar surface area (TPSA) is 156 Å². The number of nitrogens with two attached hydrogens (primary N) is 1. The maximum atomic E-state index is 12.8. The van der Waals surface area contributed by atoms with Crippen molar-refractivity contribution in [1.29, 1.82) is 5.41 Å². The highest BCUT2D eigenvalue weighted by Gasteiger charge is 2.31. The van der Waals surface area contributed by atoms with Crippen LogP contribution in [0.4, 0.5) is 24.8 Å². The molecule has 0 fully saturated rings. The van der Waals surface area contributed by atoms with Crippen LogP contribution in [0.25, 0.3) is 0 Å².